The van der Waals surface area contributed by atoms with Crippen LogP contribution in [0.5, 0.6) is 0 Å². The second-order valence-electron chi connectivity index (χ2n) is 5.38. The van der Waals surface area contributed by atoms with Crippen LogP contribution in [0.15, 0.2) is 0 Å². The third-order valence-corrected chi connectivity index (χ3v) is 4.79. The van der Waals surface area contributed by atoms with Gasteiger partial charge in [0.25, 0.3) is 0 Å². The second kappa shape index (κ2) is 15.2. The molecule has 20 heavy (non-hydrogen) atoms. The molecule has 1 unspecified atom stereocenters. The number of ether oxygens (including phenoxy) is 1. The van der Waals surface area contributed by atoms with Gasteiger partial charge in [-0.3, -0.25) is 4.79 Å². The molecule has 0 amide bonds. The van der Waals surface area contributed by atoms with E-state index in [9.17, 15) is 4.79 Å². The van der Waals surface area contributed by atoms with E-state index in [-0.39, 0.29) is 11.2 Å². The number of carbonyl (C=O) groups is 1. The van der Waals surface area contributed by atoms with Crippen molar-refractivity contribution in [2.24, 2.45) is 0 Å². The Labute approximate surface area is 130 Å². The number of rotatable bonds is 14. The van der Waals surface area contributed by atoms with Gasteiger partial charge >= 0.3 is 5.97 Å². The van der Waals surface area contributed by atoms with Crippen molar-refractivity contribution in [3.63, 3.8) is 0 Å². The van der Waals surface area contributed by atoms with E-state index in [1.165, 1.54) is 51.4 Å². The van der Waals surface area contributed by atoms with Crippen molar-refractivity contribution in [2.75, 3.05) is 12.4 Å². The number of hydrogen-bond donors (Lipinski definition) is 0. The highest BCUT2D eigenvalue weighted by Gasteiger charge is 2.19. The molecular formula is C17H34O2S. The molecule has 1 atom stereocenters. The molecule has 0 aromatic heterocycles. The minimum Gasteiger partial charge on any atom is -0.465 e. The molecule has 0 aliphatic rings. The number of hydrogen-bond acceptors (Lipinski definition) is 3. The first-order valence-corrected chi connectivity index (χ1v) is 9.59. The molecule has 0 rings (SSSR count). The number of unbranched alkanes of at least 4 members (excludes halogenated alkanes) is 7. The van der Waals surface area contributed by atoms with Crippen molar-refractivity contribution >= 4 is 17.7 Å². The molecule has 120 valence electrons. The topological polar surface area (TPSA) is 26.3 Å². The number of thioether (sulfide) groups is 1. The Morgan fingerprint density at radius 2 is 1.50 bits per heavy atom. The smallest absolute Gasteiger partial charge is 0.319 e. The lowest BCUT2D eigenvalue weighted by molar-refractivity contribution is -0.142. The second-order valence-corrected chi connectivity index (χ2v) is 6.69. The highest BCUT2D eigenvalue weighted by atomic mass is 32.2. The molecule has 0 aliphatic heterocycles. The maximum Gasteiger partial charge on any atom is 0.319 e. The van der Waals surface area contributed by atoms with Crippen LogP contribution in [0, 0.1) is 0 Å². The third kappa shape index (κ3) is 11.6. The summed E-state index contributed by atoms with van der Waals surface area (Å²) >= 11 is 1.81. The van der Waals surface area contributed by atoms with Gasteiger partial charge in [0.15, 0.2) is 0 Å². The van der Waals surface area contributed by atoms with Gasteiger partial charge in [-0.1, -0.05) is 65.2 Å². The number of esters is 1. The van der Waals surface area contributed by atoms with Gasteiger partial charge in [0.2, 0.25) is 0 Å². The molecule has 0 heterocycles. The van der Waals surface area contributed by atoms with E-state index in [4.69, 9.17) is 4.74 Å². The van der Waals surface area contributed by atoms with E-state index in [1.807, 2.05) is 18.7 Å². The number of carbonyl (C=O) groups excluding carboxylic acids is 1. The standard InChI is InChI=1S/C17H34O2S/c1-4-7-9-11-13-15-20-16(17(18)19-6-3)14-12-10-8-5-2/h16H,4-15H2,1-3H3. The van der Waals surface area contributed by atoms with Gasteiger partial charge in [0, 0.05) is 0 Å². The van der Waals surface area contributed by atoms with Crippen LogP contribution in [0.3, 0.4) is 0 Å². The van der Waals surface area contributed by atoms with Gasteiger partial charge in [-0.25, -0.2) is 0 Å². The molecule has 0 aromatic carbocycles. The van der Waals surface area contributed by atoms with Crippen molar-refractivity contribution in [3.8, 4) is 0 Å². The molecule has 0 saturated heterocycles. The summed E-state index contributed by atoms with van der Waals surface area (Å²) in [4.78, 5) is 11.9. The van der Waals surface area contributed by atoms with E-state index in [0.717, 1.165) is 18.6 Å². The van der Waals surface area contributed by atoms with Gasteiger partial charge in [0.1, 0.15) is 5.25 Å². The summed E-state index contributed by atoms with van der Waals surface area (Å²) < 4.78 is 5.20. The van der Waals surface area contributed by atoms with Gasteiger partial charge < -0.3 is 4.74 Å². The Morgan fingerprint density at radius 1 is 0.900 bits per heavy atom. The molecule has 3 heteroatoms. The van der Waals surface area contributed by atoms with Crippen molar-refractivity contribution < 1.29 is 9.53 Å². The Balaban J connectivity index is 3.83. The lowest BCUT2D eigenvalue weighted by atomic mass is 10.1. The Morgan fingerprint density at radius 3 is 2.10 bits per heavy atom. The molecule has 0 aliphatic carbocycles. The molecular weight excluding hydrogens is 268 g/mol. The fourth-order valence-corrected chi connectivity index (χ4v) is 3.38. The van der Waals surface area contributed by atoms with E-state index >= 15 is 0 Å². The van der Waals surface area contributed by atoms with E-state index in [2.05, 4.69) is 13.8 Å². The van der Waals surface area contributed by atoms with Crippen LogP contribution < -0.4 is 0 Å². The first-order chi connectivity index (χ1) is 9.76. The van der Waals surface area contributed by atoms with E-state index < -0.39 is 0 Å². The Kier molecular flexibility index (Phi) is 15.1. The molecule has 0 spiro atoms. The minimum absolute atomic E-state index is 0.00237. The molecule has 0 fully saturated rings. The maximum atomic E-state index is 11.9. The van der Waals surface area contributed by atoms with Gasteiger partial charge in [0.05, 0.1) is 6.61 Å². The molecule has 0 radical (unpaired) electrons. The molecule has 0 bridgehead atoms. The van der Waals surface area contributed by atoms with E-state index in [1.54, 1.807) is 0 Å². The summed E-state index contributed by atoms with van der Waals surface area (Å²) in [6, 6.07) is 0. The van der Waals surface area contributed by atoms with Gasteiger partial charge in [-0.2, -0.15) is 0 Å². The quantitative estimate of drug-likeness (QED) is 0.309. The zero-order valence-corrected chi connectivity index (χ0v) is 14.6. The Hall–Kier alpha value is -0.180. The predicted octanol–water partition coefficient (Wildman–Crippen LogP) is 5.59. The molecule has 0 N–H and O–H groups in total. The summed E-state index contributed by atoms with van der Waals surface area (Å²) in [6.07, 6.45) is 12.4. The predicted molar refractivity (Wildman–Crippen MR) is 90.4 cm³/mol. The summed E-state index contributed by atoms with van der Waals surface area (Å²) in [5, 5.41) is 0.0676. The largest absolute Gasteiger partial charge is 0.465 e. The molecule has 0 aromatic rings. The summed E-state index contributed by atoms with van der Waals surface area (Å²) in [6.45, 7) is 6.85. The van der Waals surface area contributed by atoms with Crippen molar-refractivity contribution in [1.82, 2.24) is 0 Å². The fourth-order valence-electron chi connectivity index (χ4n) is 2.19. The zero-order chi connectivity index (χ0) is 15.1. The van der Waals surface area contributed by atoms with Crippen molar-refractivity contribution in [3.05, 3.63) is 0 Å². The minimum atomic E-state index is 0.00237. The van der Waals surface area contributed by atoms with Gasteiger partial charge in [-0.05, 0) is 25.5 Å². The van der Waals surface area contributed by atoms with E-state index in [0.29, 0.717) is 6.61 Å². The summed E-state index contributed by atoms with van der Waals surface area (Å²) in [5.74, 6) is 1.10. The van der Waals surface area contributed by atoms with Crippen LogP contribution >= 0.6 is 11.8 Å². The monoisotopic (exact) mass is 302 g/mol. The van der Waals surface area contributed by atoms with Crippen LogP contribution in [0.4, 0.5) is 0 Å². The highest BCUT2D eigenvalue weighted by molar-refractivity contribution is 8.00. The lowest BCUT2D eigenvalue weighted by Crippen LogP contribution is -2.20. The third-order valence-electron chi connectivity index (χ3n) is 3.44. The van der Waals surface area contributed by atoms with Crippen LogP contribution in [0.1, 0.15) is 85.0 Å². The van der Waals surface area contributed by atoms with Crippen LogP contribution in [0.2, 0.25) is 0 Å². The van der Waals surface area contributed by atoms with Crippen molar-refractivity contribution in [2.45, 2.75) is 90.2 Å². The SMILES string of the molecule is CCCCCCCSC(CCCCCC)C(=O)OCC. The zero-order valence-electron chi connectivity index (χ0n) is 13.8. The van der Waals surface area contributed by atoms with Crippen LogP contribution in [0.25, 0.3) is 0 Å². The summed E-state index contributed by atoms with van der Waals surface area (Å²) in [5.41, 5.74) is 0. The van der Waals surface area contributed by atoms with Gasteiger partial charge in [-0.15, -0.1) is 11.8 Å². The van der Waals surface area contributed by atoms with Crippen LogP contribution in [-0.2, 0) is 9.53 Å². The normalized spacial score (nSPS) is 12.3. The highest BCUT2D eigenvalue weighted by Crippen LogP contribution is 2.21. The lowest BCUT2D eigenvalue weighted by Gasteiger charge is -2.15. The molecule has 0 saturated carbocycles. The first kappa shape index (κ1) is 19.8. The average Bonchev–Trinajstić information content (AvgIpc) is 2.45. The van der Waals surface area contributed by atoms with Crippen molar-refractivity contribution in [1.29, 1.82) is 0 Å². The first-order valence-electron chi connectivity index (χ1n) is 8.54. The summed E-state index contributed by atoms with van der Waals surface area (Å²) in [7, 11) is 0. The molecule has 2 nitrogen and oxygen atoms in total. The maximum absolute atomic E-state index is 11.9. The average molecular weight is 303 g/mol. The Bertz CT molecular complexity index is 219. The van der Waals surface area contributed by atoms with Crippen LogP contribution in [-0.4, -0.2) is 23.6 Å². The fraction of sp³-hybridized carbons (Fsp3) is 0.941.